The van der Waals surface area contributed by atoms with Gasteiger partial charge in [-0.05, 0) is 12.1 Å². The molecule has 0 aliphatic carbocycles. The van der Waals surface area contributed by atoms with E-state index < -0.39 is 10.0 Å². The lowest BCUT2D eigenvalue weighted by Gasteiger charge is -2.09. The first-order valence-electron chi connectivity index (χ1n) is 6.01. The van der Waals surface area contributed by atoms with Gasteiger partial charge in [0.05, 0.1) is 17.2 Å². The molecule has 0 heterocycles. The zero-order valence-corrected chi connectivity index (χ0v) is 12.7. The summed E-state index contributed by atoms with van der Waals surface area (Å²) in [7, 11) is -3.33. The minimum Gasteiger partial charge on any atom is -0.490 e. The highest BCUT2D eigenvalue weighted by molar-refractivity contribution is 7.99. The molecule has 0 atom stereocenters. The second-order valence-electron chi connectivity index (χ2n) is 3.86. The van der Waals surface area contributed by atoms with Crippen molar-refractivity contribution in [3.8, 4) is 18.1 Å². The number of hydrogen-bond acceptors (Lipinski definition) is 5. The van der Waals surface area contributed by atoms with Gasteiger partial charge in [-0.1, -0.05) is 18.1 Å². The highest BCUT2D eigenvalue weighted by Crippen LogP contribution is 2.19. The van der Waals surface area contributed by atoms with Crippen LogP contribution in [0.2, 0.25) is 0 Å². The number of rotatable bonds is 9. The highest BCUT2D eigenvalue weighted by Gasteiger charge is 2.10. The van der Waals surface area contributed by atoms with Crippen molar-refractivity contribution in [2.75, 3.05) is 36.1 Å². The summed E-state index contributed by atoms with van der Waals surface area (Å²) in [5.41, 5.74) is 6.18. The van der Waals surface area contributed by atoms with E-state index in [1.54, 1.807) is 24.3 Å². The Morgan fingerprint density at radius 1 is 1.40 bits per heavy atom. The molecule has 0 amide bonds. The zero-order valence-electron chi connectivity index (χ0n) is 11.0. The van der Waals surface area contributed by atoms with Crippen molar-refractivity contribution in [1.82, 2.24) is 4.72 Å². The molecule has 0 saturated heterocycles. The molecule has 0 aliphatic rings. The molecule has 0 saturated carbocycles. The van der Waals surface area contributed by atoms with Gasteiger partial charge in [0.2, 0.25) is 10.0 Å². The van der Waals surface area contributed by atoms with E-state index in [2.05, 4.69) is 10.6 Å². The molecule has 20 heavy (non-hydrogen) atoms. The summed E-state index contributed by atoms with van der Waals surface area (Å²) in [5.74, 6) is 4.09. The Bertz CT molecular complexity index is 553. The molecule has 0 unspecified atom stereocenters. The normalized spacial score (nSPS) is 10.9. The lowest BCUT2D eigenvalue weighted by molar-refractivity contribution is 0.342. The summed E-state index contributed by atoms with van der Waals surface area (Å²) in [5, 5.41) is 0. The number of nitrogens with two attached hydrogens (primary N) is 1. The van der Waals surface area contributed by atoms with E-state index in [0.717, 1.165) is 0 Å². The molecular weight excluding hydrogens is 296 g/mol. The van der Waals surface area contributed by atoms with Gasteiger partial charge in [-0.15, -0.1) is 18.2 Å². The first kappa shape index (κ1) is 16.7. The van der Waals surface area contributed by atoms with Gasteiger partial charge in [0, 0.05) is 12.3 Å². The molecule has 110 valence electrons. The molecule has 3 N–H and O–H groups in total. The summed E-state index contributed by atoms with van der Waals surface area (Å²) in [6.45, 7) is 0.420. The minimum atomic E-state index is -3.33. The summed E-state index contributed by atoms with van der Waals surface area (Å²) >= 11 is 1.51. The van der Waals surface area contributed by atoms with Crippen LogP contribution in [-0.4, -0.2) is 38.8 Å². The standard InChI is InChI=1S/C13H18N2O3S2/c1-2-9-19-10-7-15-20(16,17)11-8-18-13-6-4-3-5-12(13)14/h1,3-6,15H,7-11,14H2. The van der Waals surface area contributed by atoms with E-state index in [1.165, 1.54) is 11.8 Å². The Balaban J connectivity index is 2.26. The van der Waals surface area contributed by atoms with Gasteiger partial charge in [0.15, 0.2) is 0 Å². The third-order valence-corrected chi connectivity index (χ3v) is 4.49. The Labute approximate surface area is 124 Å². The Hall–Kier alpha value is -1.36. The molecule has 0 bridgehead atoms. The maximum Gasteiger partial charge on any atom is 0.214 e. The van der Waals surface area contributed by atoms with Crippen LogP contribution in [0.15, 0.2) is 24.3 Å². The maximum atomic E-state index is 11.7. The molecular formula is C13H18N2O3S2. The van der Waals surface area contributed by atoms with E-state index in [1.807, 2.05) is 0 Å². The van der Waals surface area contributed by atoms with E-state index in [0.29, 0.717) is 29.5 Å². The van der Waals surface area contributed by atoms with Crippen molar-refractivity contribution in [3.63, 3.8) is 0 Å². The molecule has 0 aliphatic heterocycles. The molecule has 7 heteroatoms. The number of terminal acetylenes is 1. The second-order valence-corrected chi connectivity index (χ2v) is 6.89. The van der Waals surface area contributed by atoms with Crippen LogP contribution >= 0.6 is 11.8 Å². The topological polar surface area (TPSA) is 81.4 Å². The SMILES string of the molecule is C#CCSCCNS(=O)(=O)CCOc1ccccc1N. The Morgan fingerprint density at radius 3 is 2.85 bits per heavy atom. The summed E-state index contributed by atoms with van der Waals surface area (Å²) in [6, 6.07) is 6.96. The van der Waals surface area contributed by atoms with Crippen molar-refractivity contribution >= 4 is 27.5 Å². The lowest BCUT2D eigenvalue weighted by atomic mass is 10.3. The monoisotopic (exact) mass is 314 g/mol. The maximum absolute atomic E-state index is 11.7. The zero-order chi connectivity index (χ0) is 14.8. The van der Waals surface area contributed by atoms with E-state index >= 15 is 0 Å². The number of para-hydroxylation sites is 2. The average molecular weight is 314 g/mol. The number of hydrogen-bond donors (Lipinski definition) is 2. The minimum absolute atomic E-state index is 0.0566. The number of nitrogens with one attached hydrogen (secondary N) is 1. The van der Waals surface area contributed by atoms with Crippen molar-refractivity contribution in [1.29, 1.82) is 0 Å². The van der Waals surface area contributed by atoms with Crippen LogP contribution in [0.25, 0.3) is 0 Å². The van der Waals surface area contributed by atoms with Gasteiger partial charge in [-0.25, -0.2) is 13.1 Å². The molecule has 0 fully saturated rings. The summed E-state index contributed by atoms with van der Waals surface area (Å²) in [6.07, 6.45) is 5.09. The molecule has 1 aromatic rings. The fourth-order valence-electron chi connectivity index (χ4n) is 1.35. The van der Waals surface area contributed by atoms with Crippen LogP contribution in [-0.2, 0) is 10.0 Å². The molecule has 0 spiro atoms. The van der Waals surface area contributed by atoms with Gasteiger partial charge in [-0.3, -0.25) is 0 Å². The van der Waals surface area contributed by atoms with Crippen molar-refractivity contribution in [2.24, 2.45) is 0 Å². The number of ether oxygens (including phenoxy) is 1. The Kier molecular flexibility index (Phi) is 7.30. The summed E-state index contributed by atoms with van der Waals surface area (Å²) < 4.78 is 31.2. The third-order valence-electron chi connectivity index (χ3n) is 2.28. The fourth-order valence-corrected chi connectivity index (χ4v) is 2.84. The third kappa shape index (κ3) is 6.70. The number of sulfonamides is 1. The molecule has 5 nitrogen and oxygen atoms in total. The fraction of sp³-hybridized carbons (Fsp3) is 0.385. The van der Waals surface area contributed by atoms with Crippen LogP contribution in [0.3, 0.4) is 0 Å². The van der Waals surface area contributed by atoms with Crippen molar-refractivity contribution in [2.45, 2.75) is 0 Å². The largest absolute Gasteiger partial charge is 0.490 e. The van der Waals surface area contributed by atoms with Crippen molar-refractivity contribution < 1.29 is 13.2 Å². The quantitative estimate of drug-likeness (QED) is 0.403. The van der Waals surface area contributed by atoms with Gasteiger partial charge < -0.3 is 10.5 Å². The van der Waals surface area contributed by atoms with E-state index in [4.69, 9.17) is 16.9 Å². The van der Waals surface area contributed by atoms with Gasteiger partial charge in [0.25, 0.3) is 0 Å². The van der Waals surface area contributed by atoms with Crippen LogP contribution in [0.1, 0.15) is 0 Å². The highest BCUT2D eigenvalue weighted by atomic mass is 32.2. The number of benzene rings is 1. The number of thioether (sulfide) groups is 1. The van der Waals surface area contributed by atoms with E-state index in [-0.39, 0.29) is 12.4 Å². The van der Waals surface area contributed by atoms with Crippen LogP contribution in [0, 0.1) is 12.3 Å². The molecule has 1 aromatic carbocycles. The number of nitrogen functional groups attached to an aromatic ring is 1. The van der Waals surface area contributed by atoms with Gasteiger partial charge in [0.1, 0.15) is 12.4 Å². The molecule has 0 radical (unpaired) electrons. The van der Waals surface area contributed by atoms with Crippen LogP contribution in [0.4, 0.5) is 5.69 Å². The Morgan fingerprint density at radius 2 is 2.15 bits per heavy atom. The number of anilines is 1. The van der Waals surface area contributed by atoms with Gasteiger partial charge in [-0.2, -0.15) is 0 Å². The smallest absolute Gasteiger partial charge is 0.214 e. The summed E-state index contributed by atoms with van der Waals surface area (Å²) in [4.78, 5) is 0. The average Bonchev–Trinajstić information content (AvgIpc) is 2.40. The van der Waals surface area contributed by atoms with Crippen LogP contribution < -0.4 is 15.2 Å². The second kappa shape index (κ2) is 8.74. The predicted molar refractivity (Wildman–Crippen MR) is 84.3 cm³/mol. The first-order valence-corrected chi connectivity index (χ1v) is 8.82. The molecule has 1 rings (SSSR count). The van der Waals surface area contributed by atoms with Crippen LogP contribution in [0.5, 0.6) is 5.75 Å². The molecule has 0 aromatic heterocycles. The van der Waals surface area contributed by atoms with Crippen molar-refractivity contribution in [3.05, 3.63) is 24.3 Å². The first-order chi connectivity index (χ1) is 9.55. The van der Waals surface area contributed by atoms with E-state index in [9.17, 15) is 8.42 Å². The van der Waals surface area contributed by atoms with Gasteiger partial charge >= 0.3 is 0 Å². The predicted octanol–water partition coefficient (Wildman–Crippen LogP) is 0.933. The lowest BCUT2D eigenvalue weighted by Crippen LogP contribution is -2.30.